The van der Waals surface area contributed by atoms with Crippen molar-refractivity contribution in [1.29, 1.82) is 0 Å². The molecule has 122 heavy (non-hydrogen) atoms. The topological polar surface area (TPSA) is 551 Å². The van der Waals surface area contributed by atoms with E-state index in [4.69, 9.17) is 89.9 Å². The summed E-state index contributed by atoms with van der Waals surface area (Å²) in [5.74, 6) is -0.984. The van der Waals surface area contributed by atoms with Crippen LogP contribution in [-0.4, -0.2) is 225 Å². The molecule has 43 nitrogen and oxygen atoms in total. The van der Waals surface area contributed by atoms with Crippen LogP contribution in [0.3, 0.4) is 0 Å². The van der Waals surface area contributed by atoms with Gasteiger partial charge in [-0.3, -0.25) is 53.3 Å². The zero-order valence-corrected chi connectivity index (χ0v) is 72.9. The first-order valence-corrected chi connectivity index (χ1v) is 37.7. The molecule has 13 rings (SSSR count). The number of aromatic carboxylic acids is 1. The minimum atomic E-state index is -1.18. The fourth-order valence-corrected chi connectivity index (χ4v) is 10.9. The zero-order chi connectivity index (χ0) is 91.4. The molecule has 0 atom stereocenters. The number of aromatic nitrogens is 20. The number of ketones is 6. The van der Waals surface area contributed by atoms with Crippen molar-refractivity contribution in [2.75, 3.05) is 67.6 Å². The van der Waals surface area contributed by atoms with Crippen LogP contribution in [0.5, 0.6) is 5.88 Å². The summed E-state index contributed by atoms with van der Waals surface area (Å²) < 4.78 is 27.9. The molecule has 2 amide bonds. The second-order valence-electron chi connectivity index (χ2n) is 26.7. The van der Waals surface area contributed by atoms with Gasteiger partial charge in [-0.1, -0.05) is 69.6 Å². The Morgan fingerprint density at radius 1 is 0.475 bits per heavy atom. The number of nitrogen functional groups attached to an aromatic ring is 1. The smallest absolute Gasteiger partial charge is 0.415 e. The van der Waals surface area contributed by atoms with Crippen molar-refractivity contribution >= 4 is 197 Å². The van der Waals surface area contributed by atoms with Crippen LogP contribution >= 0.6 is 69.6 Å². The van der Waals surface area contributed by atoms with E-state index in [1.54, 1.807) is 90.6 Å². The summed E-state index contributed by atoms with van der Waals surface area (Å²) in [6, 6.07) is 8.63. The molecular formula is C73H81Cl6N25O18. The number of aromatic hydroxyl groups is 1. The largest absolute Gasteiger partial charge is 0.493 e. The second kappa shape index (κ2) is 42.5. The molecule has 0 saturated carbocycles. The number of aromatic amines is 2. The molecule has 0 aliphatic heterocycles. The van der Waals surface area contributed by atoms with Gasteiger partial charge in [-0.15, -0.1) is 0 Å². The molecule has 648 valence electrons. The predicted octanol–water partition coefficient (Wildman–Crippen LogP) is 11.5. The Balaban J connectivity index is 0.000000219. The zero-order valence-electron chi connectivity index (χ0n) is 68.3. The van der Waals surface area contributed by atoms with E-state index in [2.05, 4.69) is 90.8 Å². The average molecular weight is 1810 g/mol. The lowest BCUT2D eigenvalue weighted by Gasteiger charge is -2.24. The number of hydrogen-bond acceptors (Lipinski definition) is 32. The lowest BCUT2D eigenvalue weighted by Crippen LogP contribution is -2.35. The summed E-state index contributed by atoms with van der Waals surface area (Å²) in [6.45, 7) is 23.2. The van der Waals surface area contributed by atoms with Crippen molar-refractivity contribution in [3.05, 3.63) is 160 Å². The fourth-order valence-electron chi connectivity index (χ4n) is 9.74. The molecule has 0 radical (unpaired) electrons. The summed E-state index contributed by atoms with van der Waals surface area (Å²) in [5.41, 5.74) is 7.59. The van der Waals surface area contributed by atoms with Crippen LogP contribution in [-0.2, 0) is 28.5 Å². The number of nitrogens with two attached hydrogens (primary N) is 1. The fraction of sp³-hybridized carbons (Fsp3) is 0.315. The molecule has 13 aromatic heterocycles. The maximum atomic E-state index is 12.2. The number of ether oxygens (including phenoxy) is 4. The Bertz CT molecular complexity index is 5950. The number of fused-ring (bicyclic) bond motifs is 6. The van der Waals surface area contributed by atoms with Crippen LogP contribution in [0.2, 0.25) is 30.9 Å². The SMILES string of the molecule is CC(=O)c1cnn2c(Cl)cc(Cl)nc12.CC(=O)c1cnn2c(N(C)C(=O)OC(C)(C)C)cc(Cl)nc12.CC(=O)c1cnn2c(O)cc(=O)[nH]c12.CCOC(=O)CC(C)=O.CCOC(=O)c1cn[nH]c1N.CN(C(=O)OC(C)(C)C)c1cc(Cl)nc2c(C(=O)O)cnn12.CNc1cc(Cl)nc2c(C(C)=O)cnn12.CNc1cc(Cl)nc2c(C(C)=O)cnn12. The highest BCUT2D eigenvalue weighted by atomic mass is 35.5. The summed E-state index contributed by atoms with van der Waals surface area (Å²) >= 11 is 35.1. The molecule has 13 heterocycles. The van der Waals surface area contributed by atoms with Crippen LogP contribution < -0.4 is 31.7 Å². The van der Waals surface area contributed by atoms with Crippen molar-refractivity contribution in [2.45, 2.75) is 115 Å². The summed E-state index contributed by atoms with van der Waals surface area (Å²) in [6.07, 6.45) is 8.30. The standard InChI is InChI=1S/C14H17ClN4O3.C13H15ClN4O4.2C9H9ClN4O.C8H5Cl2N3O.C8H7N3O3.C6H9N3O2.C6H10O3/c1-8(20)9-7-16-19-11(6-10(15)17-12(9)19)18(5)13(21)22-14(2,3)4;1-13(2,3)22-12(21)17(4)9-5-8(14)16-10-7(11(19)20)6-15-18(9)10;2*1-5(15)6-4-12-14-8(11-2)3-7(10)13-9(6)14;1-4(14)5-3-11-13-7(10)2-6(9)12-8(5)13;1-4(12)5-3-9-11-7(14)2-6(13)10-8(5)11;1-2-11-6(10)4-3-8-9-5(4)7;1-3-9-6(8)4-5(2)7/h6-7H,1-5H3;5-6H,1-4H3,(H,19,20);2*3-4,11H,1-2H3;2-3H,1H3;2-3,14H,1H3,(H,10,13);3H,2H2,1H3,(H3,7,8,9);3-4H2,1-2H3. The Morgan fingerprint density at radius 2 is 0.820 bits per heavy atom. The Kier molecular flexibility index (Phi) is 34.0. The number of anilines is 5. The van der Waals surface area contributed by atoms with Crippen molar-refractivity contribution in [1.82, 2.24) is 97.8 Å². The van der Waals surface area contributed by atoms with Crippen molar-refractivity contribution in [3.8, 4) is 5.88 Å². The van der Waals surface area contributed by atoms with Crippen molar-refractivity contribution in [3.63, 3.8) is 0 Å². The molecule has 0 saturated heterocycles. The molecule has 49 heteroatoms. The minimum absolute atomic E-state index is 0.0425. The first-order valence-electron chi connectivity index (χ1n) is 35.4. The number of rotatable bonds is 15. The van der Waals surface area contributed by atoms with Gasteiger partial charge in [0.25, 0.3) is 5.56 Å². The van der Waals surface area contributed by atoms with Gasteiger partial charge in [0, 0.05) is 58.5 Å². The van der Waals surface area contributed by atoms with E-state index in [1.165, 1.54) is 134 Å². The minimum Gasteiger partial charge on any atom is -0.493 e. The number of halogens is 6. The number of Topliss-reactive ketones (excluding diaryl/α,β-unsaturated/α-hetero) is 6. The number of hydrogen-bond donors (Lipinski definition) is 7. The molecule has 0 unspecified atom stereocenters. The molecule has 0 spiro atoms. The van der Waals surface area contributed by atoms with Gasteiger partial charge in [0.1, 0.15) is 94.5 Å². The molecule has 0 aromatic carbocycles. The molecular weight excluding hydrogens is 1730 g/mol. The highest BCUT2D eigenvalue weighted by Crippen LogP contribution is 2.28. The average Bonchev–Trinajstić information content (AvgIpc) is 1.57. The molecule has 8 N–H and O–H groups in total. The first kappa shape index (κ1) is 97.5. The molecule has 0 bridgehead atoms. The van der Waals surface area contributed by atoms with Crippen LogP contribution in [0.4, 0.5) is 38.7 Å². The number of carbonyl (C=O) groups is 11. The molecule has 0 fully saturated rings. The number of nitrogens with one attached hydrogen (secondary N) is 4. The van der Waals surface area contributed by atoms with Crippen LogP contribution in [0.15, 0.2) is 84.6 Å². The van der Waals surface area contributed by atoms with Gasteiger partial charge in [-0.2, -0.15) is 58.3 Å². The van der Waals surface area contributed by atoms with Crippen molar-refractivity contribution in [2.24, 2.45) is 0 Å². The first-order chi connectivity index (χ1) is 57.1. The maximum Gasteiger partial charge on any atom is 0.415 e. The van der Waals surface area contributed by atoms with Gasteiger partial charge in [-0.05, 0) is 96.9 Å². The van der Waals surface area contributed by atoms with E-state index in [9.17, 15) is 62.6 Å². The normalized spacial score (nSPS) is 10.7. The molecule has 0 aliphatic carbocycles. The summed E-state index contributed by atoms with van der Waals surface area (Å²) in [4.78, 5) is 160. The van der Waals surface area contributed by atoms with Crippen LogP contribution in [0, 0.1) is 0 Å². The van der Waals surface area contributed by atoms with Crippen molar-refractivity contribution < 1.29 is 81.9 Å². The molecule has 0 aliphatic rings. The van der Waals surface area contributed by atoms with E-state index >= 15 is 0 Å². The van der Waals surface area contributed by atoms with Gasteiger partial charge < -0.3 is 50.5 Å². The van der Waals surface area contributed by atoms with E-state index in [1.807, 2.05) is 0 Å². The summed E-state index contributed by atoms with van der Waals surface area (Å²) in [7, 11) is 6.51. The van der Waals surface area contributed by atoms with E-state index < -0.39 is 46.9 Å². The van der Waals surface area contributed by atoms with E-state index in [-0.39, 0.29) is 102 Å². The number of amides is 2. The van der Waals surface area contributed by atoms with E-state index in [0.29, 0.717) is 91.0 Å². The van der Waals surface area contributed by atoms with Gasteiger partial charge in [0.2, 0.25) is 5.88 Å². The number of nitrogens with zero attached hydrogens (tertiary/aromatic N) is 20. The number of esters is 2. The third-order valence-corrected chi connectivity index (χ3v) is 16.4. The monoisotopic (exact) mass is 1810 g/mol. The van der Waals surface area contributed by atoms with Gasteiger partial charge in [-0.25, -0.2) is 48.6 Å². The van der Waals surface area contributed by atoms with Crippen LogP contribution in [0.25, 0.3) is 33.9 Å². The Hall–Kier alpha value is -13.4. The highest BCUT2D eigenvalue weighted by Gasteiger charge is 2.28. The third-order valence-electron chi connectivity index (χ3n) is 15.1. The number of H-pyrrole nitrogens is 2. The summed E-state index contributed by atoms with van der Waals surface area (Å²) in [5, 5.41) is 55.6. The number of carbonyl (C=O) groups excluding carboxylic acids is 10. The van der Waals surface area contributed by atoms with Gasteiger partial charge in [0.05, 0.1) is 90.5 Å². The van der Waals surface area contributed by atoms with Crippen LogP contribution in [0.1, 0.15) is 176 Å². The number of carboxylic acids is 1. The second-order valence-corrected chi connectivity index (χ2v) is 29.1. The third kappa shape index (κ3) is 25.8. The number of carboxylic acid groups (broad SMARTS) is 1. The predicted molar refractivity (Wildman–Crippen MR) is 449 cm³/mol. The lowest BCUT2D eigenvalue weighted by atomic mass is 10.2. The van der Waals surface area contributed by atoms with Gasteiger partial charge >= 0.3 is 30.1 Å². The lowest BCUT2D eigenvalue weighted by molar-refractivity contribution is -0.145. The van der Waals surface area contributed by atoms with Gasteiger partial charge in [0.15, 0.2) is 62.8 Å². The maximum absolute atomic E-state index is 12.2. The highest BCUT2D eigenvalue weighted by molar-refractivity contribution is 6.34. The van der Waals surface area contributed by atoms with E-state index in [0.717, 1.165) is 16.8 Å². The molecule has 13 aromatic rings. The Labute approximate surface area is 721 Å². The Morgan fingerprint density at radius 3 is 1.18 bits per heavy atom. The quantitative estimate of drug-likeness (QED) is 0.0165.